The van der Waals surface area contributed by atoms with Crippen molar-refractivity contribution in [1.82, 2.24) is 0 Å². The molecular formula is C23H22N2O3S. The summed E-state index contributed by atoms with van der Waals surface area (Å²) < 4.78 is 5.28. The molecule has 1 N–H and O–H groups in total. The maximum Gasteiger partial charge on any atom is 0.293 e. The van der Waals surface area contributed by atoms with Crippen LogP contribution in [0.4, 0.5) is 11.4 Å². The highest BCUT2D eigenvalue weighted by Gasteiger charge is 2.43. The van der Waals surface area contributed by atoms with Crippen molar-refractivity contribution >= 4 is 34.5 Å². The topological polar surface area (TPSA) is 62.6 Å². The van der Waals surface area contributed by atoms with Gasteiger partial charge >= 0.3 is 0 Å². The zero-order chi connectivity index (χ0) is 19.8. The van der Waals surface area contributed by atoms with Gasteiger partial charge in [-0.3, -0.25) is 9.59 Å². The van der Waals surface area contributed by atoms with Crippen molar-refractivity contribution in [2.75, 3.05) is 16.8 Å². The summed E-state index contributed by atoms with van der Waals surface area (Å²) in [6.07, 6.45) is 6.21. The third kappa shape index (κ3) is 3.08. The molecule has 148 valence electrons. The third-order valence-electron chi connectivity index (χ3n) is 6.10. The van der Waals surface area contributed by atoms with Gasteiger partial charge in [-0.05, 0) is 60.5 Å². The van der Waals surface area contributed by atoms with E-state index in [1.54, 1.807) is 28.4 Å². The van der Waals surface area contributed by atoms with Crippen LogP contribution in [0.15, 0.2) is 58.5 Å². The standard InChI is InChI=1S/C23H22N2O3S/c26-21(19-5-3-13-28-19)25-12-9-16-7-8-17(15-18(16)25)24-22(27)23(10-1-2-11-23)20-6-4-14-29-20/h3-8,13-15H,1-2,9-12H2,(H,24,27). The second kappa shape index (κ2) is 7.19. The van der Waals surface area contributed by atoms with Gasteiger partial charge in [0, 0.05) is 22.8 Å². The van der Waals surface area contributed by atoms with Gasteiger partial charge in [0.05, 0.1) is 11.7 Å². The van der Waals surface area contributed by atoms with Crippen LogP contribution in [0.3, 0.4) is 0 Å². The molecule has 2 aromatic heterocycles. The van der Waals surface area contributed by atoms with E-state index in [2.05, 4.69) is 11.4 Å². The molecule has 0 saturated heterocycles. The number of nitrogens with zero attached hydrogens (tertiary/aromatic N) is 1. The number of furan rings is 1. The first-order chi connectivity index (χ1) is 14.2. The number of hydrogen-bond donors (Lipinski definition) is 1. The van der Waals surface area contributed by atoms with E-state index in [0.29, 0.717) is 12.3 Å². The van der Waals surface area contributed by atoms with E-state index < -0.39 is 5.41 Å². The highest BCUT2D eigenvalue weighted by atomic mass is 32.1. The summed E-state index contributed by atoms with van der Waals surface area (Å²) in [7, 11) is 0. The van der Waals surface area contributed by atoms with E-state index in [0.717, 1.165) is 53.9 Å². The van der Waals surface area contributed by atoms with Crippen LogP contribution in [0.5, 0.6) is 0 Å². The molecule has 1 fully saturated rings. The lowest BCUT2D eigenvalue weighted by Crippen LogP contribution is -2.37. The molecule has 1 aliphatic heterocycles. The third-order valence-corrected chi connectivity index (χ3v) is 7.17. The Balaban J connectivity index is 1.41. The number of rotatable bonds is 4. The van der Waals surface area contributed by atoms with Crippen LogP contribution < -0.4 is 10.2 Å². The van der Waals surface area contributed by atoms with Crippen LogP contribution in [0.1, 0.15) is 46.7 Å². The molecule has 0 atom stereocenters. The van der Waals surface area contributed by atoms with Crippen molar-refractivity contribution in [2.45, 2.75) is 37.5 Å². The molecular weight excluding hydrogens is 384 g/mol. The van der Waals surface area contributed by atoms with Gasteiger partial charge in [-0.25, -0.2) is 0 Å². The Morgan fingerprint density at radius 3 is 2.69 bits per heavy atom. The fourth-order valence-corrected chi connectivity index (χ4v) is 5.55. The van der Waals surface area contributed by atoms with Crippen LogP contribution in [-0.2, 0) is 16.6 Å². The van der Waals surface area contributed by atoms with Crippen LogP contribution >= 0.6 is 11.3 Å². The normalized spacial score (nSPS) is 17.3. The minimum absolute atomic E-state index is 0.0549. The van der Waals surface area contributed by atoms with Gasteiger partial charge in [0.15, 0.2) is 5.76 Å². The second-order valence-electron chi connectivity index (χ2n) is 7.75. The van der Waals surface area contributed by atoms with Gasteiger partial charge in [0.1, 0.15) is 0 Å². The monoisotopic (exact) mass is 406 g/mol. The zero-order valence-electron chi connectivity index (χ0n) is 16.0. The summed E-state index contributed by atoms with van der Waals surface area (Å²) in [5.74, 6) is 0.234. The molecule has 0 unspecified atom stereocenters. The van der Waals surface area contributed by atoms with Crippen molar-refractivity contribution in [3.05, 3.63) is 70.3 Å². The molecule has 1 aromatic carbocycles. The Bertz CT molecular complexity index is 1030. The number of fused-ring (bicyclic) bond motifs is 1. The van der Waals surface area contributed by atoms with E-state index >= 15 is 0 Å². The van der Waals surface area contributed by atoms with Crippen molar-refractivity contribution < 1.29 is 14.0 Å². The SMILES string of the molecule is O=C(c1ccco1)N1CCc2ccc(NC(=O)C3(c4cccs4)CCCC3)cc21. The first-order valence-electron chi connectivity index (χ1n) is 10.0. The van der Waals surface area contributed by atoms with Crippen LogP contribution in [0.25, 0.3) is 0 Å². The molecule has 0 spiro atoms. The average molecular weight is 407 g/mol. The Kier molecular flexibility index (Phi) is 4.51. The summed E-state index contributed by atoms with van der Waals surface area (Å²) in [4.78, 5) is 29.0. The molecule has 3 aromatic rings. The van der Waals surface area contributed by atoms with E-state index in [-0.39, 0.29) is 11.8 Å². The number of hydrogen-bond acceptors (Lipinski definition) is 4. The zero-order valence-corrected chi connectivity index (χ0v) is 16.8. The lowest BCUT2D eigenvalue weighted by Gasteiger charge is -2.27. The molecule has 29 heavy (non-hydrogen) atoms. The number of carbonyl (C=O) groups is 2. The predicted octanol–water partition coefficient (Wildman–Crippen LogP) is 4.99. The fraction of sp³-hybridized carbons (Fsp3) is 0.304. The maximum atomic E-state index is 13.3. The maximum absolute atomic E-state index is 13.3. The number of thiophene rings is 1. The number of amides is 2. The lowest BCUT2D eigenvalue weighted by atomic mass is 9.83. The smallest absolute Gasteiger partial charge is 0.293 e. The van der Waals surface area contributed by atoms with Gasteiger partial charge in [0.2, 0.25) is 5.91 Å². The second-order valence-corrected chi connectivity index (χ2v) is 8.70. The summed E-state index contributed by atoms with van der Waals surface area (Å²) in [5, 5.41) is 5.18. The molecule has 1 aliphatic carbocycles. The van der Waals surface area contributed by atoms with E-state index in [1.807, 2.05) is 29.6 Å². The van der Waals surface area contributed by atoms with Crippen LogP contribution in [0, 0.1) is 0 Å². The minimum Gasteiger partial charge on any atom is -0.459 e. The summed E-state index contributed by atoms with van der Waals surface area (Å²) in [6, 6.07) is 13.3. The van der Waals surface area contributed by atoms with Gasteiger partial charge in [-0.15, -0.1) is 11.3 Å². The predicted molar refractivity (Wildman–Crippen MR) is 114 cm³/mol. The molecule has 6 heteroatoms. The molecule has 3 heterocycles. The molecule has 5 rings (SSSR count). The Labute approximate surface area is 173 Å². The van der Waals surface area contributed by atoms with E-state index in [4.69, 9.17) is 4.42 Å². The molecule has 1 saturated carbocycles. The van der Waals surface area contributed by atoms with Crippen molar-refractivity contribution in [1.29, 1.82) is 0 Å². The van der Waals surface area contributed by atoms with E-state index in [9.17, 15) is 9.59 Å². The largest absolute Gasteiger partial charge is 0.459 e. The summed E-state index contributed by atoms with van der Waals surface area (Å²) in [5.41, 5.74) is 2.25. The van der Waals surface area contributed by atoms with Crippen LogP contribution in [0.2, 0.25) is 0 Å². The van der Waals surface area contributed by atoms with Crippen molar-refractivity contribution in [2.24, 2.45) is 0 Å². The Morgan fingerprint density at radius 2 is 1.97 bits per heavy atom. The molecule has 2 aliphatic rings. The van der Waals surface area contributed by atoms with Gasteiger partial charge in [-0.2, -0.15) is 0 Å². The Hall–Kier alpha value is -2.86. The number of carbonyl (C=O) groups excluding carboxylic acids is 2. The molecule has 5 nitrogen and oxygen atoms in total. The lowest BCUT2D eigenvalue weighted by molar-refractivity contribution is -0.121. The van der Waals surface area contributed by atoms with Crippen molar-refractivity contribution in [3.63, 3.8) is 0 Å². The van der Waals surface area contributed by atoms with E-state index in [1.165, 1.54) is 6.26 Å². The first-order valence-corrected chi connectivity index (χ1v) is 10.9. The number of anilines is 2. The number of benzene rings is 1. The summed E-state index contributed by atoms with van der Waals surface area (Å²) in [6.45, 7) is 0.616. The minimum atomic E-state index is -0.434. The van der Waals surface area contributed by atoms with Crippen LogP contribution in [-0.4, -0.2) is 18.4 Å². The summed E-state index contributed by atoms with van der Waals surface area (Å²) >= 11 is 1.66. The molecule has 0 bridgehead atoms. The van der Waals surface area contributed by atoms with Crippen molar-refractivity contribution in [3.8, 4) is 0 Å². The highest BCUT2D eigenvalue weighted by molar-refractivity contribution is 7.10. The molecule has 2 amide bonds. The highest BCUT2D eigenvalue weighted by Crippen LogP contribution is 2.44. The fourth-order valence-electron chi connectivity index (χ4n) is 4.57. The number of nitrogens with one attached hydrogen (secondary N) is 1. The van der Waals surface area contributed by atoms with Gasteiger partial charge < -0.3 is 14.6 Å². The quantitative estimate of drug-likeness (QED) is 0.664. The average Bonchev–Trinajstić information content (AvgIpc) is 3.54. The van der Waals surface area contributed by atoms with Gasteiger partial charge in [-0.1, -0.05) is 25.0 Å². The Morgan fingerprint density at radius 1 is 1.10 bits per heavy atom. The first kappa shape index (κ1) is 18.2. The van der Waals surface area contributed by atoms with Gasteiger partial charge in [0.25, 0.3) is 5.91 Å². The molecule has 0 radical (unpaired) electrons.